The van der Waals surface area contributed by atoms with E-state index in [0.29, 0.717) is 32.9 Å². The average molecular weight is 528 g/mol. The van der Waals surface area contributed by atoms with Crippen molar-refractivity contribution in [2.24, 2.45) is 7.05 Å². The second-order valence-electron chi connectivity index (χ2n) is 8.95. The SMILES string of the molecule is CC(C)c1c(F)cccc1-c1ncc2sc(=O)n(Cc3ccc(-c4nc(C(F)(F)F)cn4C)cc3)c2n1. The van der Waals surface area contributed by atoms with E-state index in [1.807, 2.05) is 13.8 Å². The largest absolute Gasteiger partial charge is 0.434 e. The van der Waals surface area contributed by atoms with Gasteiger partial charge in [0.1, 0.15) is 11.6 Å². The zero-order chi connectivity index (χ0) is 26.5. The van der Waals surface area contributed by atoms with Gasteiger partial charge in [0.25, 0.3) is 0 Å². The van der Waals surface area contributed by atoms with E-state index in [0.717, 1.165) is 23.1 Å². The Morgan fingerprint density at radius 3 is 2.43 bits per heavy atom. The zero-order valence-corrected chi connectivity index (χ0v) is 20.9. The quantitative estimate of drug-likeness (QED) is 0.254. The zero-order valence-electron chi connectivity index (χ0n) is 20.0. The second kappa shape index (κ2) is 9.22. The van der Waals surface area contributed by atoms with Gasteiger partial charge in [-0.2, -0.15) is 13.2 Å². The van der Waals surface area contributed by atoms with Crippen LogP contribution in [-0.2, 0) is 19.8 Å². The van der Waals surface area contributed by atoms with Gasteiger partial charge in [0.15, 0.2) is 17.2 Å². The van der Waals surface area contributed by atoms with Crippen LogP contribution in [0.4, 0.5) is 17.6 Å². The lowest BCUT2D eigenvalue weighted by molar-refractivity contribution is -0.140. The number of rotatable bonds is 5. The molecule has 11 heteroatoms. The lowest BCUT2D eigenvalue weighted by Crippen LogP contribution is -2.14. The summed E-state index contributed by atoms with van der Waals surface area (Å²) >= 11 is 1.01. The Balaban J connectivity index is 1.49. The van der Waals surface area contributed by atoms with Gasteiger partial charge in [0, 0.05) is 29.9 Å². The molecule has 3 aromatic heterocycles. The van der Waals surface area contributed by atoms with Gasteiger partial charge in [-0.3, -0.25) is 9.36 Å². The summed E-state index contributed by atoms with van der Waals surface area (Å²) in [6, 6.07) is 11.6. The van der Waals surface area contributed by atoms with Gasteiger partial charge < -0.3 is 4.57 Å². The molecular formula is C26H21F4N5OS. The number of thiazole rings is 1. The molecule has 0 radical (unpaired) electrons. The van der Waals surface area contributed by atoms with Crippen molar-refractivity contribution < 1.29 is 17.6 Å². The van der Waals surface area contributed by atoms with Crippen LogP contribution < -0.4 is 4.87 Å². The molecule has 0 saturated carbocycles. The van der Waals surface area contributed by atoms with Gasteiger partial charge in [0.2, 0.25) is 0 Å². The van der Waals surface area contributed by atoms with Gasteiger partial charge in [-0.15, -0.1) is 0 Å². The second-order valence-corrected chi connectivity index (χ2v) is 9.94. The van der Waals surface area contributed by atoms with Crippen molar-refractivity contribution >= 4 is 21.7 Å². The Labute approximate surface area is 212 Å². The van der Waals surface area contributed by atoms with E-state index < -0.39 is 11.9 Å². The highest BCUT2D eigenvalue weighted by molar-refractivity contribution is 7.16. The number of alkyl halides is 3. The first-order chi connectivity index (χ1) is 17.5. The van der Waals surface area contributed by atoms with E-state index in [2.05, 4.69) is 15.0 Å². The molecule has 0 atom stereocenters. The summed E-state index contributed by atoms with van der Waals surface area (Å²) in [7, 11) is 1.50. The number of nitrogens with zero attached hydrogens (tertiary/aromatic N) is 5. The monoisotopic (exact) mass is 527 g/mol. The molecule has 5 rings (SSSR count). The number of imidazole rings is 1. The predicted octanol–water partition coefficient (Wildman–Crippen LogP) is 6.25. The van der Waals surface area contributed by atoms with E-state index in [4.69, 9.17) is 0 Å². The maximum absolute atomic E-state index is 14.5. The van der Waals surface area contributed by atoms with Crippen LogP contribution in [0.3, 0.4) is 0 Å². The minimum absolute atomic E-state index is 0.0930. The van der Waals surface area contributed by atoms with Crippen molar-refractivity contribution in [1.29, 1.82) is 0 Å². The first-order valence-electron chi connectivity index (χ1n) is 11.4. The van der Waals surface area contributed by atoms with Crippen LogP contribution >= 0.6 is 11.3 Å². The summed E-state index contributed by atoms with van der Waals surface area (Å²) in [6.45, 7) is 3.98. The Morgan fingerprint density at radius 2 is 1.78 bits per heavy atom. The standard InChI is InChI=1S/C26H21F4N5OS/c1-14(2)21-17(5-4-6-18(21)27)22-31-11-19-24(33-22)35(25(36)37-19)12-15-7-9-16(10-8-15)23-32-20(13-34(23)3)26(28,29)30/h4-11,13-14H,12H2,1-3H3. The average Bonchev–Trinajstić information content (AvgIpc) is 3.38. The Kier molecular flexibility index (Phi) is 6.18. The molecule has 2 aromatic carbocycles. The van der Waals surface area contributed by atoms with Gasteiger partial charge in [-0.05, 0) is 17.5 Å². The number of hydrogen-bond acceptors (Lipinski definition) is 5. The molecule has 5 aromatic rings. The van der Waals surface area contributed by atoms with Gasteiger partial charge >= 0.3 is 11.0 Å². The molecule has 6 nitrogen and oxygen atoms in total. The molecule has 0 N–H and O–H groups in total. The molecule has 3 heterocycles. The molecular weight excluding hydrogens is 506 g/mol. The number of fused-ring (bicyclic) bond motifs is 1. The Hall–Kier alpha value is -3.86. The van der Waals surface area contributed by atoms with Crippen LogP contribution in [0.2, 0.25) is 0 Å². The van der Waals surface area contributed by atoms with Crippen LogP contribution in [-0.4, -0.2) is 24.1 Å². The smallest absolute Gasteiger partial charge is 0.333 e. The van der Waals surface area contributed by atoms with E-state index in [1.165, 1.54) is 22.2 Å². The van der Waals surface area contributed by atoms with Crippen molar-refractivity contribution in [2.45, 2.75) is 32.5 Å². The number of hydrogen-bond donors (Lipinski definition) is 0. The van der Waals surface area contributed by atoms with Gasteiger partial charge in [-0.1, -0.05) is 61.6 Å². The predicted molar refractivity (Wildman–Crippen MR) is 134 cm³/mol. The van der Waals surface area contributed by atoms with Gasteiger partial charge in [-0.25, -0.2) is 19.3 Å². The third kappa shape index (κ3) is 4.66. The van der Waals surface area contributed by atoms with Crippen LogP contribution in [0.15, 0.2) is 59.7 Å². The number of aromatic nitrogens is 5. The van der Waals surface area contributed by atoms with E-state index in [9.17, 15) is 22.4 Å². The topological polar surface area (TPSA) is 65.6 Å². The van der Waals surface area contributed by atoms with Crippen LogP contribution in [0.5, 0.6) is 0 Å². The lowest BCUT2D eigenvalue weighted by Gasteiger charge is -2.13. The fourth-order valence-electron chi connectivity index (χ4n) is 4.26. The third-order valence-corrected chi connectivity index (χ3v) is 6.90. The minimum atomic E-state index is -4.53. The molecule has 0 aliphatic carbocycles. The third-order valence-electron chi connectivity index (χ3n) is 6.00. The molecule has 0 saturated heterocycles. The minimum Gasteiger partial charge on any atom is -0.333 e. The van der Waals surface area contributed by atoms with Crippen molar-refractivity contribution in [3.8, 4) is 22.8 Å². The molecule has 37 heavy (non-hydrogen) atoms. The maximum Gasteiger partial charge on any atom is 0.434 e. The number of halogens is 4. The first kappa shape index (κ1) is 24.8. The molecule has 190 valence electrons. The maximum atomic E-state index is 14.5. The Bertz CT molecular complexity index is 1670. The molecule has 0 aliphatic heterocycles. The molecule has 0 fully saturated rings. The fraction of sp³-hybridized carbons (Fsp3) is 0.231. The first-order valence-corrected chi connectivity index (χ1v) is 12.2. The van der Waals surface area contributed by atoms with E-state index in [1.54, 1.807) is 42.6 Å². The van der Waals surface area contributed by atoms with Crippen LogP contribution in [0.25, 0.3) is 33.1 Å². The summed E-state index contributed by atoms with van der Waals surface area (Å²) in [5.74, 6) is 0.0805. The number of aryl methyl sites for hydroxylation is 1. The van der Waals surface area contributed by atoms with Crippen molar-refractivity contribution in [3.63, 3.8) is 0 Å². The molecule has 0 unspecified atom stereocenters. The number of benzene rings is 2. The normalized spacial score (nSPS) is 12.1. The van der Waals surface area contributed by atoms with Crippen molar-refractivity contribution in [1.82, 2.24) is 24.1 Å². The molecule has 0 spiro atoms. The van der Waals surface area contributed by atoms with Gasteiger partial charge in [0.05, 0.1) is 17.4 Å². The van der Waals surface area contributed by atoms with E-state index >= 15 is 0 Å². The van der Waals surface area contributed by atoms with E-state index in [-0.39, 0.29) is 29.0 Å². The lowest BCUT2D eigenvalue weighted by atomic mass is 9.96. The van der Waals surface area contributed by atoms with Crippen LogP contribution in [0, 0.1) is 5.82 Å². The molecule has 0 bridgehead atoms. The van der Waals surface area contributed by atoms with Crippen molar-refractivity contribution in [2.75, 3.05) is 0 Å². The van der Waals surface area contributed by atoms with Crippen molar-refractivity contribution in [3.05, 3.63) is 87.2 Å². The molecule has 0 amide bonds. The highest BCUT2D eigenvalue weighted by Crippen LogP contribution is 2.32. The molecule has 0 aliphatic rings. The summed E-state index contributed by atoms with van der Waals surface area (Å²) in [5, 5.41) is 0. The summed E-state index contributed by atoms with van der Waals surface area (Å²) < 4.78 is 57.0. The summed E-state index contributed by atoms with van der Waals surface area (Å²) in [5.41, 5.74) is 1.82. The van der Waals surface area contributed by atoms with Crippen LogP contribution in [0.1, 0.15) is 36.6 Å². The summed E-state index contributed by atoms with van der Waals surface area (Å²) in [6.07, 6.45) is -2.02. The highest BCUT2D eigenvalue weighted by atomic mass is 32.1. The fourth-order valence-corrected chi connectivity index (χ4v) is 5.07. The summed E-state index contributed by atoms with van der Waals surface area (Å²) in [4.78, 5) is 25.3. The highest BCUT2D eigenvalue weighted by Gasteiger charge is 2.34. The Morgan fingerprint density at radius 1 is 1.05 bits per heavy atom.